The molecule has 2 rings (SSSR count). The molecule has 0 fully saturated rings. The van der Waals surface area contributed by atoms with Gasteiger partial charge in [0, 0.05) is 0 Å². The van der Waals surface area contributed by atoms with Crippen molar-refractivity contribution < 1.29 is 23.4 Å². The lowest BCUT2D eigenvalue weighted by molar-refractivity contribution is 0.103. The molecule has 0 N–H and O–H groups in total. The molecular weight excluding hydrogens is 347 g/mol. The van der Waals surface area contributed by atoms with Crippen LogP contribution in [0.2, 0.25) is 0 Å². The number of carbonyl (C=O) groups excluding carboxylic acids is 1. The molecule has 0 bridgehead atoms. The molecule has 0 saturated heterocycles. The van der Waals surface area contributed by atoms with Crippen molar-refractivity contribution in [2.24, 2.45) is 0 Å². The normalized spacial score (nSPS) is 10.5. The standard InChI is InChI=1S/C22H27FO4/c1-4-13-25-19-12-11-17(20(24)16-9-7-8-10-18(16)23)21(26-14-5-2)22(19)27-15-6-3/h7-12H,4-6,13-15H2,1-3H3. The molecular formula is C22H27FO4. The van der Waals surface area contributed by atoms with Crippen LogP contribution < -0.4 is 14.2 Å². The molecule has 0 amide bonds. The molecule has 27 heavy (non-hydrogen) atoms. The smallest absolute Gasteiger partial charge is 0.204 e. The summed E-state index contributed by atoms with van der Waals surface area (Å²) < 4.78 is 31.7. The van der Waals surface area contributed by atoms with Crippen molar-refractivity contribution in [3.63, 3.8) is 0 Å². The molecule has 0 aliphatic carbocycles. The van der Waals surface area contributed by atoms with E-state index < -0.39 is 11.6 Å². The number of carbonyl (C=O) groups is 1. The fourth-order valence-corrected chi connectivity index (χ4v) is 2.53. The Labute approximate surface area is 160 Å². The Morgan fingerprint density at radius 2 is 1.37 bits per heavy atom. The average molecular weight is 374 g/mol. The molecule has 0 saturated carbocycles. The quantitative estimate of drug-likeness (QED) is 0.493. The van der Waals surface area contributed by atoms with Gasteiger partial charge < -0.3 is 14.2 Å². The van der Waals surface area contributed by atoms with Crippen molar-refractivity contribution in [3.05, 3.63) is 53.3 Å². The third kappa shape index (κ3) is 5.22. The van der Waals surface area contributed by atoms with E-state index in [0.29, 0.717) is 37.1 Å². The van der Waals surface area contributed by atoms with E-state index in [2.05, 4.69) is 0 Å². The van der Waals surface area contributed by atoms with Gasteiger partial charge in [-0.1, -0.05) is 32.9 Å². The maximum absolute atomic E-state index is 14.1. The molecule has 5 heteroatoms. The lowest BCUT2D eigenvalue weighted by Crippen LogP contribution is -2.11. The van der Waals surface area contributed by atoms with E-state index in [4.69, 9.17) is 14.2 Å². The van der Waals surface area contributed by atoms with Crippen LogP contribution in [-0.4, -0.2) is 25.6 Å². The van der Waals surface area contributed by atoms with Crippen LogP contribution in [0.5, 0.6) is 17.2 Å². The first-order valence-corrected chi connectivity index (χ1v) is 9.48. The van der Waals surface area contributed by atoms with Crippen molar-refractivity contribution in [2.45, 2.75) is 40.0 Å². The molecule has 2 aromatic carbocycles. The summed E-state index contributed by atoms with van der Waals surface area (Å²) in [6.07, 6.45) is 2.40. The Bertz CT molecular complexity index is 758. The summed E-state index contributed by atoms with van der Waals surface area (Å²) in [4.78, 5) is 13.0. The molecule has 0 spiro atoms. The number of ketones is 1. The van der Waals surface area contributed by atoms with Crippen molar-refractivity contribution in [2.75, 3.05) is 19.8 Å². The Balaban J connectivity index is 2.54. The molecule has 0 unspecified atom stereocenters. The molecule has 0 aliphatic rings. The van der Waals surface area contributed by atoms with Crippen molar-refractivity contribution in [3.8, 4) is 17.2 Å². The highest BCUT2D eigenvalue weighted by Gasteiger charge is 2.24. The zero-order chi connectivity index (χ0) is 19.6. The Kier molecular flexibility index (Phi) is 8.11. The first kappa shape index (κ1) is 20.7. The molecule has 4 nitrogen and oxygen atoms in total. The second-order valence-electron chi connectivity index (χ2n) is 6.12. The Morgan fingerprint density at radius 1 is 0.778 bits per heavy atom. The lowest BCUT2D eigenvalue weighted by Gasteiger charge is -2.19. The molecule has 0 atom stereocenters. The second-order valence-corrected chi connectivity index (χ2v) is 6.12. The van der Waals surface area contributed by atoms with Gasteiger partial charge in [0.1, 0.15) is 5.82 Å². The Hall–Kier alpha value is -2.56. The maximum atomic E-state index is 14.1. The van der Waals surface area contributed by atoms with Crippen LogP contribution in [0.25, 0.3) is 0 Å². The average Bonchev–Trinajstić information content (AvgIpc) is 2.69. The molecule has 2 aromatic rings. The number of hydrogen-bond donors (Lipinski definition) is 0. The van der Waals surface area contributed by atoms with Crippen LogP contribution in [0, 0.1) is 5.82 Å². The van der Waals surface area contributed by atoms with Crippen LogP contribution in [0.1, 0.15) is 56.0 Å². The number of halogens is 1. The van der Waals surface area contributed by atoms with Gasteiger partial charge in [0.2, 0.25) is 5.75 Å². The number of ether oxygens (including phenoxy) is 3. The first-order valence-electron chi connectivity index (χ1n) is 9.48. The summed E-state index contributed by atoms with van der Waals surface area (Å²) in [5.74, 6) is 0.239. The van der Waals surface area contributed by atoms with Gasteiger partial charge in [0.25, 0.3) is 0 Å². The monoisotopic (exact) mass is 374 g/mol. The predicted octanol–water partition coefficient (Wildman–Crippen LogP) is 5.42. The van der Waals surface area contributed by atoms with E-state index in [9.17, 15) is 9.18 Å². The zero-order valence-electron chi connectivity index (χ0n) is 16.2. The van der Waals surface area contributed by atoms with E-state index in [1.54, 1.807) is 24.3 Å². The molecule has 146 valence electrons. The molecule has 0 radical (unpaired) electrons. The van der Waals surface area contributed by atoms with Crippen LogP contribution in [0.3, 0.4) is 0 Å². The van der Waals surface area contributed by atoms with Crippen LogP contribution >= 0.6 is 0 Å². The van der Waals surface area contributed by atoms with Crippen molar-refractivity contribution in [1.82, 2.24) is 0 Å². The summed E-state index contributed by atoms with van der Waals surface area (Å²) in [7, 11) is 0. The SMILES string of the molecule is CCCOc1ccc(C(=O)c2ccccc2F)c(OCCC)c1OCCC. The highest BCUT2D eigenvalue weighted by molar-refractivity contribution is 6.11. The fourth-order valence-electron chi connectivity index (χ4n) is 2.53. The molecule has 0 aliphatic heterocycles. The minimum atomic E-state index is -0.564. The van der Waals surface area contributed by atoms with E-state index >= 15 is 0 Å². The van der Waals surface area contributed by atoms with Gasteiger partial charge in [-0.25, -0.2) is 4.39 Å². The van der Waals surface area contributed by atoms with E-state index in [-0.39, 0.29) is 11.1 Å². The van der Waals surface area contributed by atoms with Gasteiger partial charge in [0.05, 0.1) is 30.9 Å². The number of hydrogen-bond acceptors (Lipinski definition) is 4. The largest absolute Gasteiger partial charge is 0.490 e. The summed E-state index contributed by atoms with van der Waals surface area (Å²) in [6, 6.07) is 9.23. The van der Waals surface area contributed by atoms with Gasteiger partial charge >= 0.3 is 0 Å². The highest BCUT2D eigenvalue weighted by Crippen LogP contribution is 2.41. The zero-order valence-corrected chi connectivity index (χ0v) is 16.2. The van der Waals surface area contributed by atoms with Crippen LogP contribution in [0.4, 0.5) is 4.39 Å². The van der Waals surface area contributed by atoms with Crippen molar-refractivity contribution >= 4 is 5.78 Å². The Morgan fingerprint density at radius 3 is 2.00 bits per heavy atom. The van der Waals surface area contributed by atoms with Gasteiger partial charge in [-0.2, -0.15) is 0 Å². The van der Waals surface area contributed by atoms with E-state index in [1.807, 2.05) is 20.8 Å². The summed E-state index contributed by atoms with van der Waals surface area (Å²) >= 11 is 0. The van der Waals surface area contributed by atoms with Gasteiger partial charge in [-0.05, 0) is 43.5 Å². The minimum absolute atomic E-state index is 0.00233. The van der Waals surface area contributed by atoms with Crippen LogP contribution in [-0.2, 0) is 0 Å². The highest BCUT2D eigenvalue weighted by atomic mass is 19.1. The summed E-state index contributed by atoms with van der Waals surface area (Å²) in [5, 5.41) is 0. The molecule has 0 heterocycles. The predicted molar refractivity (Wildman–Crippen MR) is 104 cm³/mol. The molecule has 0 aromatic heterocycles. The maximum Gasteiger partial charge on any atom is 0.204 e. The third-order valence-electron chi connectivity index (χ3n) is 3.80. The van der Waals surface area contributed by atoms with Gasteiger partial charge in [-0.3, -0.25) is 4.79 Å². The second kappa shape index (κ2) is 10.6. The summed E-state index contributed by atoms with van der Waals surface area (Å²) in [6.45, 7) is 7.38. The topological polar surface area (TPSA) is 44.8 Å². The summed E-state index contributed by atoms with van der Waals surface area (Å²) in [5.41, 5.74) is 0.269. The van der Waals surface area contributed by atoms with Crippen molar-refractivity contribution in [1.29, 1.82) is 0 Å². The van der Waals surface area contributed by atoms with E-state index in [1.165, 1.54) is 12.1 Å². The third-order valence-corrected chi connectivity index (χ3v) is 3.80. The minimum Gasteiger partial charge on any atom is -0.490 e. The van der Waals surface area contributed by atoms with Crippen LogP contribution in [0.15, 0.2) is 36.4 Å². The fraction of sp³-hybridized carbons (Fsp3) is 0.409. The van der Waals surface area contributed by atoms with E-state index in [0.717, 1.165) is 19.3 Å². The number of rotatable bonds is 11. The first-order chi connectivity index (χ1) is 13.1. The lowest BCUT2D eigenvalue weighted by atomic mass is 10.0. The van der Waals surface area contributed by atoms with Gasteiger partial charge in [0.15, 0.2) is 17.3 Å². The number of benzene rings is 2. The van der Waals surface area contributed by atoms with Gasteiger partial charge in [-0.15, -0.1) is 0 Å².